The van der Waals surface area contributed by atoms with Gasteiger partial charge in [-0.25, -0.2) is 0 Å². The third kappa shape index (κ3) is 5.27. The molecule has 9 aromatic carbocycles. The molecule has 0 unspecified atom stereocenters. The van der Waals surface area contributed by atoms with Crippen LogP contribution < -0.4 is 4.90 Å². The Bertz CT molecular complexity index is 3210. The van der Waals surface area contributed by atoms with Gasteiger partial charge in [-0.1, -0.05) is 158 Å². The molecule has 0 aliphatic carbocycles. The Morgan fingerprint density at radius 2 is 0.964 bits per heavy atom. The molecular weight excluding hydrogens is 703 g/mol. The van der Waals surface area contributed by atoms with E-state index in [2.05, 4.69) is 205 Å². The monoisotopic (exact) mass is 735 g/mol. The number of anilines is 3. The summed E-state index contributed by atoms with van der Waals surface area (Å²) in [5.74, 6) is 0. The van der Waals surface area contributed by atoms with Crippen LogP contribution in [0, 0.1) is 0 Å². The highest BCUT2D eigenvalue weighted by Crippen LogP contribution is 2.50. The van der Waals surface area contributed by atoms with Gasteiger partial charge in [0.25, 0.3) is 0 Å². The Balaban J connectivity index is 1.21. The highest BCUT2D eigenvalue weighted by atomic mass is 32.1. The lowest BCUT2D eigenvalue weighted by Gasteiger charge is -2.30. The molecule has 0 N–H and O–H groups in total. The van der Waals surface area contributed by atoms with E-state index in [0.29, 0.717) is 0 Å². The molecule has 1 nitrogen and oxygen atoms in total. The van der Waals surface area contributed by atoms with E-state index in [0.717, 1.165) is 11.4 Å². The van der Waals surface area contributed by atoms with Gasteiger partial charge in [0, 0.05) is 46.9 Å². The Hall–Kier alpha value is -6.52. The van der Waals surface area contributed by atoms with Crippen LogP contribution >= 0.6 is 22.7 Å². The molecule has 11 aromatic rings. The molecule has 0 fully saturated rings. The Morgan fingerprint density at radius 3 is 1.80 bits per heavy atom. The quantitative estimate of drug-likeness (QED) is 0.164. The second-order valence-corrected chi connectivity index (χ2v) is 16.1. The van der Waals surface area contributed by atoms with Crippen molar-refractivity contribution in [3.8, 4) is 33.4 Å². The van der Waals surface area contributed by atoms with E-state index in [1.165, 1.54) is 90.2 Å². The zero-order chi connectivity index (χ0) is 36.3. The van der Waals surface area contributed by atoms with E-state index in [-0.39, 0.29) is 0 Å². The van der Waals surface area contributed by atoms with Crippen molar-refractivity contribution in [1.29, 1.82) is 0 Å². The molecule has 258 valence electrons. The summed E-state index contributed by atoms with van der Waals surface area (Å²) in [5, 5.41) is 7.80. The number of rotatable bonds is 6. The lowest BCUT2D eigenvalue weighted by Crippen LogP contribution is -2.12. The fraction of sp³-hybridized carbons (Fsp3) is 0. The Labute approximate surface area is 327 Å². The molecule has 0 aliphatic rings. The van der Waals surface area contributed by atoms with Gasteiger partial charge in [0.15, 0.2) is 0 Å². The average molecular weight is 736 g/mol. The fourth-order valence-electron chi connectivity index (χ4n) is 8.46. The number of thiophene rings is 2. The third-order valence-electron chi connectivity index (χ3n) is 10.9. The first-order valence-corrected chi connectivity index (χ1v) is 20.3. The molecule has 3 heteroatoms. The molecular formula is C52H33NS2. The number of nitrogens with zero attached hydrogens (tertiary/aromatic N) is 1. The van der Waals surface area contributed by atoms with Crippen molar-refractivity contribution in [3.05, 3.63) is 200 Å². The van der Waals surface area contributed by atoms with Crippen LogP contribution in [0.2, 0.25) is 0 Å². The summed E-state index contributed by atoms with van der Waals surface area (Å²) in [6.07, 6.45) is 0. The van der Waals surface area contributed by atoms with Gasteiger partial charge < -0.3 is 4.90 Å². The van der Waals surface area contributed by atoms with Crippen LogP contribution in [0.25, 0.3) is 84.5 Å². The van der Waals surface area contributed by atoms with E-state index in [4.69, 9.17) is 0 Å². The molecule has 55 heavy (non-hydrogen) atoms. The second-order valence-electron chi connectivity index (χ2n) is 14.0. The highest BCUT2D eigenvalue weighted by Gasteiger charge is 2.24. The van der Waals surface area contributed by atoms with E-state index >= 15 is 0 Å². The maximum absolute atomic E-state index is 2.51. The molecule has 2 heterocycles. The molecule has 0 aliphatic heterocycles. The van der Waals surface area contributed by atoms with Crippen molar-refractivity contribution in [2.75, 3.05) is 4.90 Å². The Kier molecular flexibility index (Phi) is 7.61. The van der Waals surface area contributed by atoms with Crippen LogP contribution in [0.3, 0.4) is 0 Å². The number of benzene rings is 9. The molecule has 0 radical (unpaired) electrons. The molecule has 0 atom stereocenters. The van der Waals surface area contributed by atoms with Crippen LogP contribution in [0.15, 0.2) is 200 Å². The predicted octanol–water partition coefficient (Wildman–Crippen LogP) is 16.0. The summed E-state index contributed by atoms with van der Waals surface area (Å²) in [6.45, 7) is 0. The van der Waals surface area contributed by atoms with Crippen molar-refractivity contribution < 1.29 is 0 Å². The number of hydrogen-bond donors (Lipinski definition) is 0. The maximum atomic E-state index is 2.51. The van der Waals surface area contributed by atoms with Gasteiger partial charge in [0.1, 0.15) is 0 Å². The van der Waals surface area contributed by atoms with Gasteiger partial charge in [0.05, 0.1) is 16.1 Å². The molecule has 0 saturated heterocycles. The van der Waals surface area contributed by atoms with Gasteiger partial charge in [-0.2, -0.15) is 0 Å². The summed E-state index contributed by atoms with van der Waals surface area (Å²) in [6, 6.07) is 73.4. The second kappa shape index (κ2) is 13.1. The van der Waals surface area contributed by atoms with Crippen LogP contribution in [0.1, 0.15) is 0 Å². The normalized spacial score (nSPS) is 11.6. The number of fused-ring (bicyclic) bond motifs is 8. The van der Waals surface area contributed by atoms with Crippen molar-refractivity contribution in [2.24, 2.45) is 0 Å². The third-order valence-corrected chi connectivity index (χ3v) is 13.2. The van der Waals surface area contributed by atoms with Crippen molar-refractivity contribution in [3.63, 3.8) is 0 Å². The summed E-state index contributed by atoms with van der Waals surface area (Å²) in [7, 11) is 0. The molecule has 2 aromatic heterocycles. The zero-order valence-electron chi connectivity index (χ0n) is 29.8. The first-order chi connectivity index (χ1) is 27.3. The van der Waals surface area contributed by atoms with Crippen LogP contribution in [-0.4, -0.2) is 0 Å². The van der Waals surface area contributed by atoms with Crippen molar-refractivity contribution >= 4 is 90.9 Å². The summed E-state index contributed by atoms with van der Waals surface area (Å²) in [4.78, 5) is 2.51. The van der Waals surface area contributed by atoms with Crippen LogP contribution in [-0.2, 0) is 0 Å². The molecule has 11 rings (SSSR count). The SMILES string of the molecule is c1ccc(-c2cccc(N(c3cccc(-c4cccc5ccc6sc7ccccc7c6c45)c3)c3cccc4c3sc3ccccc34)c2-c2ccccc2)cc1. The standard InChI is InChI=1S/C52H33NS2/c1-3-15-34(16-4-1)39-25-13-27-44(49(39)35-17-5-2-6-18-35)53(45-28-14-26-42-41-22-7-9-29-46(41)55-52(42)45)38-21-11-20-37(33-38)40-24-12-19-36-31-32-48-51(50(36)40)43-23-8-10-30-47(43)54-48/h1-33H. The molecule has 0 spiro atoms. The number of hydrogen-bond acceptors (Lipinski definition) is 3. The van der Waals surface area contributed by atoms with Gasteiger partial charge in [-0.15, -0.1) is 22.7 Å². The maximum Gasteiger partial charge on any atom is 0.0640 e. The first-order valence-electron chi connectivity index (χ1n) is 18.7. The van der Waals surface area contributed by atoms with Crippen molar-refractivity contribution in [2.45, 2.75) is 0 Å². The van der Waals surface area contributed by atoms with Gasteiger partial charge in [-0.05, 0) is 81.1 Å². The average Bonchev–Trinajstić information content (AvgIpc) is 3.84. The summed E-state index contributed by atoms with van der Waals surface area (Å²) in [5.41, 5.74) is 10.6. The lowest BCUT2D eigenvalue weighted by molar-refractivity contribution is 1.30. The molecule has 0 saturated carbocycles. The predicted molar refractivity (Wildman–Crippen MR) is 241 cm³/mol. The summed E-state index contributed by atoms with van der Waals surface area (Å²) < 4.78 is 5.21. The highest BCUT2D eigenvalue weighted by molar-refractivity contribution is 7.26. The first kappa shape index (κ1) is 32.0. The van der Waals surface area contributed by atoms with E-state index in [1.54, 1.807) is 0 Å². The van der Waals surface area contributed by atoms with Crippen molar-refractivity contribution in [1.82, 2.24) is 0 Å². The van der Waals surface area contributed by atoms with Gasteiger partial charge in [-0.3, -0.25) is 0 Å². The van der Waals surface area contributed by atoms with Crippen LogP contribution in [0.4, 0.5) is 17.1 Å². The zero-order valence-corrected chi connectivity index (χ0v) is 31.4. The van der Waals surface area contributed by atoms with Gasteiger partial charge in [0.2, 0.25) is 0 Å². The molecule has 0 amide bonds. The minimum absolute atomic E-state index is 1.12. The lowest BCUT2D eigenvalue weighted by atomic mass is 9.91. The van der Waals surface area contributed by atoms with E-state index in [1.807, 2.05) is 22.7 Å². The largest absolute Gasteiger partial charge is 0.308 e. The topological polar surface area (TPSA) is 3.24 Å². The van der Waals surface area contributed by atoms with E-state index < -0.39 is 0 Å². The Morgan fingerprint density at radius 1 is 0.345 bits per heavy atom. The molecule has 0 bridgehead atoms. The van der Waals surface area contributed by atoms with E-state index in [9.17, 15) is 0 Å². The van der Waals surface area contributed by atoms with Gasteiger partial charge >= 0.3 is 0 Å². The minimum atomic E-state index is 1.12. The smallest absolute Gasteiger partial charge is 0.0640 e. The minimum Gasteiger partial charge on any atom is -0.308 e. The fourth-order valence-corrected chi connectivity index (χ4v) is 10.8. The van der Waals surface area contributed by atoms with Crippen LogP contribution in [0.5, 0.6) is 0 Å². The summed E-state index contributed by atoms with van der Waals surface area (Å²) >= 11 is 3.75.